The zero-order chi connectivity index (χ0) is 14.7. The van der Waals surface area contributed by atoms with Crippen molar-refractivity contribution in [3.63, 3.8) is 0 Å². The van der Waals surface area contributed by atoms with Crippen molar-refractivity contribution in [2.24, 2.45) is 0 Å². The molecule has 0 saturated carbocycles. The zero-order valence-corrected chi connectivity index (χ0v) is 11.7. The summed E-state index contributed by atoms with van der Waals surface area (Å²) in [6.07, 6.45) is 0. The number of amides is 1. The van der Waals surface area contributed by atoms with Crippen LogP contribution in [0.2, 0.25) is 0 Å². The van der Waals surface area contributed by atoms with Crippen molar-refractivity contribution < 1.29 is 9.72 Å². The minimum Gasteiger partial charge on any atom is -0.383 e. The molecular formula is C12H12N4O3S. The molecule has 1 aromatic carbocycles. The molecule has 20 heavy (non-hydrogen) atoms. The molecule has 104 valence electrons. The number of hydrogen-bond acceptors (Lipinski definition) is 6. The van der Waals surface area contributed by atoms with Crippen LogP contribution in [0.4, 0.5) is 16.5 Å². The molecule has 7 nitrogen and oxygen atoms in total. The lowest BCUT2D eigenvalue weighted by molar-refractivity contribution is -0.384. The largest absolute Gasteiger partial charge is 0.383 e. The van der Waals surface area contributed by atoms with E-state index < -0.39 is 10.8 Å². The highest BCUT2D eigenvalue weighted by atomic mass is 32.1. The third-order valence-corrected chi connectivity index (χ3v) is 3.45. The number of benzene rings is 1. The van der Waals surface area contributed by atoms with Gasteiger partial charge in [-0.05, 0) is 19.1 Å². The minimum atomic E-state index is -0.576. The summed E-state index contributed by atoms with van der Waals surface area (Å²) < 4.78 is 0. The number of aromatic nitrogens is 1. The molecule has 2 N–H and O–H groups in total. The van der Waals surface area contributed by atoms with E-state index >= 15 is 0 Å². The first-order valence-corrected chi connectivity index (χ1v) is 6.59. The maximum absolute atomic E-state index is 12.1. The fraction of sp³-hybridized carbons (Fsp3) is 0.167. The number of hydrogen-bond donors (Lipinski definition) is 2. The normalized spacial score (nSPS) is 10.1. The van der Waals surface area contributed by atoms with Gasteiger partial charge < -0.3 is 5.32 Å². The summed E-state index contributed by atoms with van der Waals surface area (Å²) in [6, 6.07) is 4.54. The van der Waals surface area contributed by atoms with Crippen LogP contribution in [0.15, 0.2) is 23.6 Å². The van der Waals surface area contributed by atoms with E-state index in [0.717, 1.165) is 5.69 Å². The Kier molecular flexibility index (Phi) is 3.94. The summed E-state index contributed by atoms with van der Waals surface area (Å²) in [5.74, 6) is -0.553. The Balaban J connectivity index is 2.36. The summed E-state index contributed by atoms with van der Waals surface area (Å²) in [5, 5.41) is 18.6. The lowest BCUT2D eigenvalue weighted by Gasteiger charge is -2.07. The van der Waals surface area contributed by atoms with Crippen molar-refractivity contribution in [2.45, 2.75) is 6.92 Å². The molecule has 1 aromatic heterocycles. The number of thiazole rings is 1. The second kappa shape index (κ2) is 5.66. The fourth-order valence-corrected chi connectivity index (χ4v) is 2.38. The Bertz CT molecular complexity index is 668. The lowest BCUT2D eigenvalue weighted by Crippen LogP contribution is -2.14. The van der Waals surface area contributed by atoms with Crippen molar-refractivity contribution in [2.75, 3.05) is 17.7 Å². The van der Waals surface area contributed by atoms with Crippen LogP contribution in [0.1, 0.15) is 16.1 Å². The molecule has 2 rings (SSSR count). The fourth-order valence-electron chi connectivity index (χ4n) is 1.70. The molecule has 0 fully saturated rings. The second-order valence-corrected chi connectivity index (χ2v) is 4.82. The Morgan fingerprint density at radius 1 is 1.45 bits per heavy atom. The highest BCUT2D eigenvalue weighted by Crippen LogP contribution is 2.29. The highest BCUT2D eigenvalue weighted by molar-refractivity contribution is 7.13. The van der Waals surface area contributed by atoms with Crippen molar-refractivity contribution in [1.29, 1.82) is 0 Å². The highest BCUT2D eigenvalue weighted by Gasteiger charge is 2.24. The molecule has 0 spiro atoms. The topological polar surface area (TPSA) is 97.2 Å². The first kappa shape index (κ1) is 13.9. The molecule has 0 saturated heterocycles. The molecule has 0 unspecified atom stereocenters. The standard InChI is InChI=1S/C12H12N4O3S/c1-7-6-20-12(14-7)15-11(17)8-4-3-5-9(13-2)10(8)16(18)19/h3-6,13H,1-2H3,(H,14,15,17). The van der Waals surface area contributed by atoms with E-state index in [0.29, 0.717) is 5.13 Å². The van der Waals surface area contributed by atoms with Gasteiger partial charge in [0.2, 0.25) is 0 Å². The number of nitro groups is 1. The van der Waals surface area contributed by atoms with Crippen LogP contribution < -0.4 is 10.6 Å². The SMILES string of the molecule is CNc1cccc(C(=O)Nc2nc(C)cs2)c1[N+](=O)[O-]. The van der Waals surface area contributed by atoms with Gasteiger partial charge in [0.25, 0.3) is 5.91 Å². The number of nitrogens with zero attached hydrogens (tertiary/aromatic N) is 2. The third-order valence-electron chi connectivity index (χ3n) is 2.57. The van der Waals surface area contributed by atoms with Crippen LogP contribution in [-0.2, 0) is 0 Å². The number of anilines is 2. The Hall–Kier alpha value is -2.48. The van der Waals surface area contributed by atoms with Crippen LogP contribution in [0.5, 0.6) is 0 Å². The third kappa shape index (κ3) is 2.75. The predicted molar refractivity (Wildman–Crippen MR) is 77.4 cm³/mol. The predicted octanol–water partition coefficient (Wildman–Crippen LogP) is 2.65. The van der Waals surface area contributed by atoms with Gasteiger partial charge >= 0.3 is 5.69 Å². The number of aryl methyl sites for hydroxylation is 1. The van der Waals surface area contributed by atoms with Gasteiger partial charge in [-0.1, -0.05) is 6.07 Å². The molecule has 2 aromatic rings. The van der Waals surface area contributed by atoms with E-state index in [1.807, 2.05) is 0 Å². The molecule has 1 heterocycles. The summed E-state index contributed by atoms with van der Waals surface area (Å²) in [6.45, 7) is 1.80. The van der Waals surface area contributed by atoms with Crippen molar-refractivity contribution >= 4 is 33.8 Å². The zero-order valence-electron chi connectivity index (χ0n) is 10.8. The Morgan fingerprint density at radius 3 is 2.75 bits per heavy atom. The molecule has 0 radical (unpaired) electrons. The summed E-state index contributed by atoms with van der Waals surface area (Å²) in [7, 11) is 1.56. The van der Waals surface area contributed by atoms with Gasteiger partial charge in [-0.25, -0.2) is 4.98 Å². The number of nitrogens with one attached hydrogen (secondary N) is 2. The van der Waals surface area contributed by atoms with Crippen LogP contribution in [0.25, 0.3) is 0 Å². The van der Waals surface area contributed by atoms with Gasteiger partial charge in [-0.2, -0.15) is 0 Å². The summed E-state index contributed by atoms with van der Waals surface area (Å²) in [4.78, 5) is 26.8. The lowest BCUT2D eigenvalue weighted by atomic mass is 10.1. The second-order valence-electron chi connectivity index (χ2n) is 3.96. The summed E-state index contributed by atoms with van der Waals surface area (Å²) >= 11 is 1.27. The number of carbonyl (C=O) groups excluding carboxylic acids is 1. The first-order valence-electron chi connectivity index (χ1n) is 5.71. The molecule has 0 bridgehead atoms. The number of rotatable bonds is 4. The first-order chi connectivity index (χ1) is 9.52. The van der Waals surface area contributed by atoms with Crippen molar-refractivity contribution in [3.05, 3.63) is 45.0 Å². The average molecular weight is 292 g/mol. The minimum absolute atomic E-state index is 0.00490. The molecule has 0 aliphatic carbocycles. The van der Waals surface area contributed by atoms with E-state index in [1.54, 1.807) is 31.5 Å². The molecule has 0 aliphatic heterocycles. The maximum Gasteiger partial charge on any atom is 0.305 e. The van der Waals surface area contributed by atoms with Crippen molar-refractivity contribution in [3.8, 4) is 0 Å². The van der Waals surface area contributed by atoms with Crippen LogP contribution >= 0.6 is 11.3 Å². The van der Waals surface area contributed by atoms with Gasteiger partial charge in [0.1, 0.15) is 11.3 Å². The van der Waals surface area contributed by atoms with Crippen LogP contribution in [0.3, 0.4) is 0 Å². The smallest absolute Gasteiger partial charge is 0.305 e. The van der Waals surface area contributed by atoms with Gasteiger partial charge in [0, 0.05) is 12.4 Å². The molecule has 8 heteroatoms. The van der Waals surface area contributed by atoms with E-state index in [2.05, 4.69) is 15.6 Å². The monoisotopic (exact) mass is 292 g/mol. The molecule has 0 aliphatic rings. The van der Waals surface area contributed by atoms with Crippen LogP contribution in [-0.4, -0.2) is 22.9 Å². The maximum atomic E-state index is 12.1. The number of carbonyl (C=O) groups is 1. The average Bonchev–Trinajstić information content (AvgIpc) is 2.82. The quantitative estimate of drug-likeness (QED) is 0.667. The van der Waals surface area contributed by atoms with E-state index in [9.17, 15) is 14.9 Å². The molecule has 1 amide bonds. The van der Waals surface area contributed by atoms with Gasteiger partial charge in [-0.3, -0.25) is 20.2 Å². The van der Waals surface area contributed by atoms with Gasteiger partial charge in [0.15, 0.2) is 5.13 Å². The molecular weight excluding hydrogens is 280 g/mol. The van der Waals surface area contributed by atoms with Gasteiger partial charge in [-0.15, -0.1) is 11.3 Å². The van der Waals surface area contributed by atoms with E-state index in [1.165, 1.54) is 17.4 Å². The number of para-hydroxylation sites is 1. The van der Waals surface area contributed by atoms with E-state index in [-0.39, 0.29) is 16.9 Å². The molecule has 0 atom stereocenters. The van der Waals surface area contributed by atoms with Gasteiger partial charge in [0.05, 0.1) is 10.6 Å². The Morgan fingerprint density at radius 2 is 2.20 bits per heavy atom. The Labute approximate surface area is 118 Å². The van der Waals surface area contributed by atoms with Crippen LogP contribution in [0, 0.1) is 17.0 Å². The number of nitro benzene ring substituents is 1. The summed E-state index contributed by atoms with van der Waals surface area (Å²) in [5.41, 5.74) is 0.817. The van der Waals surface area contributed by atoms with Crippen molar-refractivity contribution in [1.82, 2.24) is 4.98 Å². The van der Waals surface area contributed by atoms with E-state index in [4.69, 9.17) is 0 Å².